The Morgan fingerprint density at radius 2 is 1.80 bits per heavy atom. The lowest BCUT2D eigenvalue weighted by Gasteiger charge is -2.19. The summed E-state index contributed by atoms with van der Waals surface area (Å²) < 4.78 is 5.57. The molecule has 3 heteroatoms. The minimum absolute atomic E-state index is 0.0618. The monoisotopic (exact) mass is 271 g/mol. The molecule has 0 saturated carbocycles. The minimum Gasteiger partial charge on any atom is -0.374 e. The Morgan fingerprint density at radius 3 is 2.50 bits per heavy atom. The van der Waals surface area contributed by atoms with Crippen LogP contribution in [-0.4, -0.2) is 24.7 Å². The molecule has 0 atom stereocenters. The molecule has 0 aliphatic rings. The molecule has 0 bridgehead atoms. The number of carbonyl (C=O) groups is 1. The molecule has 0 aromatic heterocycles. The number of hydrogen-bond donors (Lipinski definition) is 1. The van der Waals surface area contributed by atoms with Gasteiger partial charge in [-0.3, -0.25) is 4.79 Å². The number of rotatable bonds is 4. The van der Waals surface area contributed by atoms with Gasteiger partial charge in [-0.25, -0.2) is 0 Å². The van der Waals surface area contributed by atoms with Gasteiger partial charge in [0, 0.05) is 12.1 Å². The smallest absolute Gasteiger partial charge is 0.251 e. The highest BCUT2D eigenvalue weighted by molar-refractivity contribution is 5.98. The van der Waals surface area contributed by atoms with Crippen molar-refractivity contribution in [3.8, 4) is 0 Å². The van der Waals surface area contributed by atoms with E-state index in [1.165, 1.54) is 0 Å². The average Bonchev–Trinajstić information content (AvgIpc) is 2.42. The second kappa shape index (κ2) is 6.06. The molecule has 1 N–H and O–H groups in total. The van der Waals surface area contributed by atoms with Crippen LogP contribution in [0, 0.1) is 0 Å². The maximum atomic E-state index is 12.0. The topological polar surface area (TPSA) is 38.3 Å². The van der Waals surface area contributed by atoms with Crippen LogP contribution < -0.4 is 5.32 Å². The van der Waals surface area contributed by atoms with Crippen molar-refractivity contribution in [2.45, 2.75) is 26.4 Å². The molecule has 2 aromatic carbocycles. The first-order valence-electron chi connectivity index (χ1n) is 6.87. The lowest BCUT2D eigenvalue weighted by atomic mass is 10.1. The van der Waals surface area contributed by atoms with E-state index >= 15 is 0 Å². The molecule has 0 aliphatic heterocycles. The van der Waals surface area contributed by atoms with Gasteiger partial charge in [0.1, 0.15) is 0 Å². The van der Waals surface area contributed by atoms with Crippen molar-refractivity contribution < 1.29 is 9.53 Å². The summed E-state index contributed by atoms with van der Waals surface area (Å²) in [6.07, 6.45) is 0. The van der Waals surface area contributed by atoms with Gasteiger partial charge in [-0.2, -0.15) is 0 Å². The number of nitrogens with one attached hydrogen (secondary N) is 1. The number of hydrogen-bond acceptors (Lipinski definition) is 2. The summed E-state index contributed by atoms with van der Waals surface area (Å²) in [5, 5.41) is 5.09. The van der Waals surface area contributed by atoms with Gasteiger partial charge in [-0.1, -0.05) is 30.3 Å². The van der Waals surface area contributed by atoms with Crippen LogP contribution in [-0.2, 0) is 4.74 Å². The zero-order valence-corrected chi connectivity index (χ0v) is 12.3. The first kappa shape index (κ1) is 14.5. The summed E-state index contributed by atoms with van der Waals surface area (Å²) in [5.74, 6) is -0.0618. The third-order valence-electron chi connectivity index (χ3n) is 2.93. The highest BCUT2D eigenvalue weighted by Crippen LogP contribution is 2.15. The predicted molar refractivity (Wildman–Crippen MR) is 82.0 cm³/mol. The molecule has 3 nitrogen and oxygen atoms in total. The van der Waals surface area contributed by atoms with Gasteiger partial charge in [-0.05, 0) is 43.7 Å². The van der Waals surface area contributed by atoms with Crippen molar-refractivity contribution in [1.29, 1.82) is 0 Å². The molecule has 0 aliphatic carbocycles. The van der Waals surface area contributed by atoms with Crippen molar-refractivity contribution in [3.05, 3.63) is 48.0 Å². The van der Waals surface area contributed by atoms with E-state index in [0.717, 1.165) is 10.8 Å². The Bertz CT molecular complexity index is 599. The van der Waals surface area contributed by atoms with E-state index in [0.29, 0.717) is 18.7 Å². The number of fused-ring (bicyclic) bond motifs is 1. The maximum absolute atomic E-state index is 12.0. The molecule has 20 heavy (non-hydrogen) atoms. The van der Waals surface area contributed by atoms with Crippen LogP contribution in [0.2, 0.25) is 0 Å². The second-order valence-corrected chi connectivity index (χ2v) is 5.78. The molecular weight excluding hydrogens is 250 g/mol. The first-order chi connectivity index (χ1) is 9.46. The predicted octanol–water partition coefficient (Wildman–Crippen LogP) is 3.38. The third-order valence-corrected chi connectivity index (χ3v) is 2.93. The van der Waals surface area contributed by atoms with Gasteiger partial charge in [-0.15, -0.1) is 0 Å². The standard InChI is InChI=1S/C17H21NO2/c1-17(2,3)20-11-10-18-16(19)15-9-8-13-6-4-5-7-14(13)12-15/h4-9,12H,10-11H2,1-3H3,(H,18,19). The lowest BCUT2D eigenvalue weighted by Crippen LogP contribution is -2.30. The van der Waals surface area contributed by atoms with Crippen LogP contribution in [0.3, 0.4) is 0 Å². The molecular formula is C17H21NO2. The number of ether oxygens (including phenoxy) is 1. The van der Waals surface area contributed by atoms with Gasteiger partial charge < -0.3 is 10.1 Å². The van der Waals surface area contributed by atoms with E-state index in [4.69, 9.17) is 4.74 Å². The summed E-state index contributed by atoms with van der Waals surface area (Å²) in [6.45, 7) is 7.03. The summed E-state index contributed by atoms with van der Waals surface area (Å²) in [5.41, 5.74) is 0.507. The lowest BCUT2D eigenvalue weighted by molar-refractivity contribution is -0.000652. The van der Waals surface area contributed by atoms with Gasteiger partial charge in [0.15, 0.2) is 0 Å². The molecule has 2 aromatic rings. The zero-order chi connectivity index (χ0) is 14.6. The van der Waals surface area contributed by atoms with Crippen LogP contribution in [0.15, 0.2) is 42.5 Å². The SMILES string of the molecule is CC(C)(C)OCCNC(=O)c1ccc2ccccc2c1. The fourth-order valence-electron chi connectivity index (χ4n) is 1.95. The van der Waals surface area contributed by atoms with E-state index in [2.05, 4.69) is 5.32 Å². The highest BCUT2D eigenvalue weighted by atomic mass is 16.5. The number of benzene rings is 2. The van der Waals surface area contributed by atoms with Crippen molar-refractivity contribution in [2.75, 3.05) is 13.2 Å². The van der Waals surface area contributed by atoms with E-state index in [-0.39, 0.29) is 11.5 Å². The maximum Gasteiger partial charge on any atom is 0.251 e. The summed E-state index contributed by atoms with van der Waals surface area (Å²) in [7, 11) is 0. The summed E-state index contributed by atoms with van der Waals surface area (Å²) in [4.78, 5) is 12.0. The number of amides is 1. The Balaban J connectivity index is 1.94. The largest absolute Gasteiger partial charge is 0.374 e. The Hall–Kier alpha value is -1.87. The Labute approximate surface area is 119 Å². The first-order valence-corrected chi connectivity index (χ1v) is 6.87. The van der Waals surface area contributed by atoms with Crippen molar-refractivity contribution in [1.82, 2.24) is 5.32 Å². The Morgan fingerprint density at radius 1 is 1.10 bits per heavy atom. The quantitative estimate of drug-likeness (QED) is 0.866. The van der Waals surface area contributed by atoms with E-state index in [1.807, 2.05) is 63.2 Å². The van der Waals surface area contributed by atoms with Crippen LogP contribution in [0.25, 0.3) is 10.8 Å². The van der Waals surface area contributed by atoms with E-state index in [1.54, 1.807) is 0 Å². The Kier molecular flexibility index (Phi) is 4.40. The average molecular weight is 271 g/mol. The fraction of sp³-hybridized carbons (Fsp3) is 0.353. The minimum atomic E-state index is -0.173. The molecule has 0 heterocycles. The van der Waals surface area contributed by atoms with E-state index in [9.17, 15) is 4.79 Å². The molecule has 106 valence electrons. The van der Waals surface area contributed by atoms with Gasteiger partial charge in [0.05, 0.1) is 12.2 Å². The van der Waals surface area contributed by atoms with Crippen molar-refractivity contribution >= 4 is 16.7 Å². The van der Waals surface area contributed by atoms with Gasteiger partial charge >= 0.3 is 0 Å². The third kappa shape index (κ3) is 4.07. The van der Waals surface area contributed by atoms with Crippen LogP contribution in [0.5, 0.6) is 0 Å². The van der Waals surface area contributed by atoms with Crippen molar-refractivity contribution in [3.63, 3.8) is 0 Å². The normalized spacial score (nSPS) is 11.6. The molecule has 1 amide bonds. The summed E-state index contributed by atoms with van der Waals surface area (Å²) in [6, 6.07) is 13.7. The van der Waals surface area contributed by atoms with Crippen LogP contribution in [0.1, 0.15) is 31.1 Å². The summed E-state index contributed by atoms with van der Waals surface area (Å²) >= 11 is 0. The van der Waals surface area contributed by atoms with Gasteiger partial charge in [0.2, 0.25) is 0 Å². The molecule has 0 fully saturated rings. The molecule has 0 radical (unpaired) electrons. The molecule has 0 spiro atoms. The second-order valence-electron chi connectivity index (χ2n) is 5.78. The fourth-order valence-corrected chi connectivity index (χ4v) is 1.95. The highest BCUT2D eigenvalue weighted by Gasteiger charge is 2.10. The van der Waals surface area contributed by atoms with Crippen molar-refractivity contribution in [2.24, 2.45) is 0 Å². The van der Waals surface area contributed by atoms with E-state index < -0.39 is 0 Å². The van der Waals surface area contributed by atoms with Crippen LogP contribution >= 0.6 is 0 Å². The molecule has 2 rings (SSSR count). The molecule has 0 unspecified atom stereocenters. The van der Waals surface area contributed by atoms with Gasteiger partial charge in [0.25, 0.3) is 5.91 Å². The molecule has 0 saturated heterocycles. The zero-order valence-electron chi connectivity index (χ0n) is 12.3. The number of carbonyl (C=O) groups excluding carboxylic acids is 1. The van der Waals surface area contributed by atoms with Crippen LogP contribution in [0.4, 0.5) is 0 Å².